The maximum atomic E-state index is 11.3. The summed E-state index contributed by atoms with van der Waals surface area (Å²) in [5.74, 6) is 1.28. The van der Waals surface area contributed by atoms with E-state index in [1.807, 2.05) is 18.2 Å². The van der Waals surface area contributed by atoms with Crippen LogP contribution in [-0.2, 0) is 17.1 Å². The molecular weight excluding hydrogens is 264 g/mol. The van der Waals surface area contributed by atoms with Crippen LogP contribution in [0.15, 0.2) is 35.5 Å². The molecule has 19 heavy (non-hydrogen) atoms. The number of hydrogen-bond donors (Lipinski definition) is 1. The molecule has 0 spiro atoms. The van der Waals surface area contributed by atoms with Gasteiger partial charge in [-0.1, -0.05) is 30.3 Å². The first-order chi connectivity index (χ1) is 8.98. The first-order valence-electron chi connectivity index (χ1n) is 5.95. The van der Waals surface area contributed by atoms with Crippen LogP contribution >= 0.6 is 0 Å². The lowest BCUT2D eigenvalue weighted by molar-refractivity contribution is 0.578. The Morgan fingerprint density at radius 2 is 1.89 bits per heavy atom. The average molecular weight is 278 g/mol. The van der Waals surface area contributed by atoms with Crippen LogP contribution in [0.3, 0.4) is 0 Å². The molecule has 1 heterocycles. The molecule has 2 unspecified atom stereocenters. The monoisotopic (exact) mass is 278 g/mol. The quantitative estimate of drug-likeness (QED) is 0.896. The number of benzene rings is 1. The van der Waals surface area contributed by atoms with E-state index in [9.17, 15) is 8.42 Å². The van der Waals surface area contributed by atoms with Gasteiger partial charge in [0.1, 0.15) is 5.82 Å². The van der Waals surface area contributed by atoms with Gasteiger partial charge in [-0.25, -0.2) is 13.6 Å². The number of sulfonamides is 1. The van der Waals surface area contributed by atoms with Crippen molar-refractivity contribution in [3.63, 3.8) is 0 Å². The number of hydrogen-bond acceptors (Lipinski definition) is 4. The fraction of sp³-hybridized carbons (Fsp3) is 0.333. The van der Waals surface area contributed by atoms with Crippen LogP contribution in [-0.4, -0.2) is 23.2 Å². The van der Waals surface area contributed by atoms with Crippen molar-refractivity contribution in [1.82, 2.24) is 14.8 Å². The SMILES string of the molecule is Cn1c(C2CC2c2ccccc2)nnc1S(N)(=O)=O. The highest BCUT2D eigenvalue weighted by Crippen LogP contribution is 2.53. The van der Waals surface area contributed by atoms with Crippen molar-refractivity contribution in [3.8, 4) is 0 Å². The number of rotatable bonds is 3. The Morgan fingerprint density at radius 3 is 2.47 bits per heavy atom. The van der Waals surface area contributed by atoms with Crippen LogP contribution in [0.25, 0.3) is 0 Å². The molecule has 1 aliphatic carbocycles. The Labute approximate surface area is 111 Å². The van der Waals surface area contributed by atoms with Gasteiger partial charge in [0.15, 0.2) is 0 Å². The maximum absolute atomic E-state index is 11.3. The fourth-order valence-corrected chi connectivity index (χ4v) is 3.08. The van der Waals surface area contributed by atoms with E-state index in [1.165, 1.54) is 10.1 Å². The zero-order valence-corrected chi connectivity index (χ0v) is 11.2. The third-order valence-corrected chi connectivity index (χ3v) is 4.34. The van der Waals surface area contributed by atoms with Crippen molar-refractivity contribution in [3.05, 3.63) is 41.7 Å². The van der Waals surface area contributed by atoms with Gasteiger partial charge in [-0.05, 0) is 17.9 Å². The molecule has 2 N–H and O–H groups in total. The first kappa shape index (κ1) is 12.3. The number of nitrogens with two attached hydrogens (primary N) is 1. The highest BCUT2D eigenvalue weighted by atomic mass is 32.2. The molecule has 0 aliphatic heterocycles. The Balaban J connectivity index is 1.89. The molecule has 1 aromatic carbocycles. The van der Waals surface area contributed by atoms with Crippen molar-refractivity contribution in [1.29, 1.82) is 0 Å². The molecule has 1 saturated carbocycles. The molecule has 2 atom stereocenters. The minimum atomic E-state index is -3.81. The second-order valence-electron chi connectivity index (χ2n) is 4.80. The summed E-state index contributed by atoms with van der Waals surface area (Å²) in [5, 5.41) is 12.6. The molecular formula is C12H14N4O2S. The fourth-order valence-electron chi connectivity index (χ4n) is 2.45. The summed E-state index contributed by atoms with van der Waals surface area (Å²) in [5.41, 5.74) is 1.24. The van der Waals surface area contributed by atoms with Gasteiger partial charge in [-0.2, -0.15) is 0 Å². The summed E-state index contributed by atoms with van der Waals surface area (Å²) in [4.78, 5) is 0. The van der Waals surface area contributed by atoms with E-state index in [4.69, 9.17) is 5.14 Å². The maximum Gasteiger partial charge on any atom is 0.273 e. The van der Waals surface area contributed by atoms with E-state index >= 15 is 0 Å². The number of nitrogens with zero attached hydrogens (tertiary/aromatic N) is 3. The van der Waals surface area contributed by atoms with Gasteiger partial charge in [0.05, 0.1) is 0 Å². The number of aromatic nitrogens is 3. The van der Waals surface area contributed by atoms with Gasteiger partial charge >= 0.3 is 0 Å². The summed E-state index contributed by atoms with van der Waals surface area (Å²) in [6.45, 7) is 0. The molecule has 0 bridgehead atoms. The highest BCUT2D eigenvalue weighted by molar-refractivity contribution is 7.89. The van der Waals surface area contributed by atoms with Crippen LogP contribution < -0.4 is 5.14 Å². The predicted octanol–water partition coefficient (Wildman–Crippen LogP) is 0.734. The standard InChI is InChI=1S/C12H14N4O2S/c1-16-11(14-15-12(16)19(13,17)18)10-7-9(10)8-5-3-2-4-6-8/h2-6,9-10H,7H2,1H3,(H2,13,17,18). The van der Waals surface area contributed by atoms with Gasteiger partial charge in [0.25, 0.3) is 15.2 Å². The molecule has 3 rings (SSSR count). The highest BCUT2D eigenvalue weighted by Gasteiger charge is 2.43. The first-order valence-corrected chi connectivity index (χ1v) is 7.50. The molecule has 0 amide bonds. The number of primary sulfonamides is 1. The second-order valence-corrected chi connectivity index (χ2v) is 6.26. The summed E-state index contributed by atoms with van der Waals surface area (Å²) in [6, 6.07) is 10.1. The lowest BCUT2D eigenvalue weighted by Gasteiger charge is -2.02. The Hall–Kier alpha value is -1.73. The topological polar surface area (TPSA) is 90.9 Å². The molecule has 1 fully saturated rings. The van der Waals surface area contributed by atoms with Crippen molar-refractivity contribution in [2.24, 2.45) is 12.2 Å². The van der Waals surface area contributed by atoms with Crippen molar-refractivity contribution in [2.45, 2.75) is 23.4 Å². The van der Waals surface area contributed by atoms with Crippen LogP contribution in [0.1, 0.15) is 29.6 Å². The third kappa shape index (κ3) is 2.15. The van der Waals surface area contributed by atoms with E-state index in [1.54, 1.807) is 7.05 Å². The Bertz CT molecular complexity index is 709. The summed E-state index contributed by atoms with van der Waals surface area (Å²) >= 11 is 0. The minimum Gasteiger partial charge on any atom is -0.304 e. The Kier molecular flexibility index (Phi) is 2.68. The predicted molar refractivity (Wildman–Crippen MR) is 68.9 cm³/mol. The summed E-state index contributed by atoms with van der Waals surface area (Å²) in [6.07, 6.45) is 0.959. The molecule has 7 heteroatoms. The van der Waals surface area contributed by atoms with Gasteiger partial charge in [-0.3, -0.25) is 0 Å². The normalized spacial score (nSPS) is 22.4. The largest absolute Gasteiger partial charge is 0.304 e. The Morgan fingerprint density at radius 1 is 1.21 bits per heavy atom. The van der Waals surface area contributed by atoms with Crippen LogP contribution in [0, 0.1) is 0 Å². The molecule has 0 saturated heterocycles. The van der Waals surface area contributed by atoms with Crippen LogP contribution in [0.2, 0.25) is 0 Å². The van der Waals surface area contributed by atoms with Gasteiger partial charge < -0.3 is 4.57 Å². The van der Waals surface area contributed by atoms with E-state index < -0.39 is 10.0 Å². The zero-order valence-electron chi connectivity index (χ0n) is 10.4. The van der Waals surface area contributed by atoms with Crippen molar-refractivity contribution < 1.29 is 8.42 Å². The summed E-state index contributed by atoms with van der Waals surface area (Å²) < 4.78 is 24.1. The van der Waals surface area contributed by atoms with Gasteiger partial charge in [0.2, 0.25) is 0 Å². The minimum absolute atomic E-state index is 0.179. The smallest absolute Gasteiger partial charge is 0.273 e. The lowest BCUT2D eigenvalue weighted by atomic mass is 10.1. The molecule has 6 nitrogen and oxygen atoms in total. The van der Waals surface area contributed by atoms with Crippen LogP contribution in [0.4, 0.5) is 0 Å². The van der Waals surface area contributed by atoms with E-state index in [-0.39, 0.29) is 11.1 Å². The van der Waals surface area contributed by atoms with Crippen LogP contribution in [0.5, 0.6) is 0 Å². The molecule has 2 aromatic rings. The second kappa shape index (κ2) is 4.14. The zero-order chi connectivity index (χ0) is 13.6. The summed E-state index contributed by atoms with van der Waals surface area (Å²) in [7, 11) is -2.18. The lowest BCUT2D eigenvalue weighted by Crippen LogP contribution is -2.17. The van der Waals surface area contributed by atoms with Gasteiger partial charge in [-0.15, -0.1) is 10.2 Å². The third-order valence-electron chi connectivity index (χ3n) is 3.47. The molecule has 100 valence electrons. The molecule has 1 aromatic heterocycles. The average Bonchev–Trinajstić information content (AvgIpc) is 3.05. The molecule has 0 radical (unpaired) electrons. The van der Waals surface area contributed by atoms with E-state index in [2.05, 4.69) is 22.3 Å². The van der Waals surface area contributed by atoms with Crippen molar-refractivity contribution >= 4 is 10.0 Å². The van der Waals surface area contributed by atoms with Gasteiger partial charge in [0, 0.05) is 13.0 Å². The van der Waals surface area contributed by atoms with E-state index in [0.29, 0.717) is 11.7 Å². The molecule has 1 aliphatic rings. The van der Waals surface area contributed by atoms with E-state index in [0.717, 1.165) is 6.42 Å². The van der Waals surface area contributed by atoms with Crippen molar-refractivity contribution in [2.75, 3.05) is 0 Å².